The van der Waals surface area contributed by atoms with Crippen LogP contribution in [0.2, 0.25) is 0 Å². The van der Waals surface area contributed by atoms with E-state index >= 15 is 0 Å². The molecule has 4 heteroatoms. The van der Waals surface area contributed by atoms with Crippen molar-refractivity contribution < 1.29 is 0 Å². The third-order valence-electron chi connectivity index (χ3n) is 3.61. The van der Waals surface area contributed by atoms with Gasteiger partial charge in [0.25, 0.3) is 0 Å². The lowest BCUT2D eigenvalue weighted by atomic mass is 10.2. The molecule has 2 unspecified atom stereocenters. The molecule has 0 saturated carbocycles. The molecule has 1 fully saturated rings. The Hall–Kier alpha value is -0.870. The monoisotopic (exact) mass is 236 g/mol. The highest BCUT2D eigenvalue weighted by Crippen LogP contribution is 2.09. The van der Waals surface area contributed by atoms with E-state index in [1.165, 1.54) is 25.9 Å². The SMILES string of the molecule is CC1CN(CCCn2ccnc2)C(C)CCN1. The molecule has 1 aromatic rings. The van der Waals surface area contributed by atoms with E-state index in [9.17, 15) is 0 Å². The van der Waals surface area contributed by atoms with Gasteiger partial charge in [0.15, 0.2) is 0 Å². The van der Waals surface area contributed by atoms with E-state index in [2.05, 4.69) is 33.6 Å². The Morgan fingerprint density at radius 2 is 2.24 bits per heavy atom. The first-order valence-corrected chi connectivity index (χ1v) is 6.69. The molecule has 2 atom stereocenters. The number of imidazole rings is 1. The van der Waals surface area contributed by atoms with Crippen LogP contribution in [0.5, 0.6) is 0 Å². The Kier molecular flexibility index (Phi) is 4.57. The van der Waals surface area contributed by atoms with Crippen LogP contribution in [0.25, 0.3) is 0 Å². The molecular weight excluding hydrogens is 212 g/mol. The number of aryl methyl sites for hydroxylation is 1. The summed E-state index contributed by atoms with van der Waals surface area (Å²) in [5.41, 5.74) is 0. The molecule has 2 heterocycles. The third-order valence-corrected chi connectivity index (χ3v) is 3.61. The second-order valence-corrected chi connectivity index (χ2v) is 5.14. The molecule has 1 saturated heterocycles. The quantitative estimate of drug-likeness (QED) is 0.856. The average molecular weight is 236 g/mol. The third kappa shape index (κ3) is 3.82. The van der Waals surface area contributed by atoms with E-state index in [4.69, 9.17) is 0 Å². The molecule has 4 nitrogen and oxygen atoms in total. The van der Waals surface area contributed by atoms with Crippen LogP contribution in [0.15, 0.2) is 18.7 Å². The van der Waals surface area contributed by atoms with Crippen molar-refractivity contribution in [2.75, 3.05) is 19.6 Å². The van der Waals surface area contributed by atoms with Gasteiger partial charge in [-0.2, -0.15) is 0 Å². The van der Waals surface area contributed by atoms with Gasteiger partial charge < -0.3 is 9.88 Å². The molecule has 2 rings (SSSR count). The van der Waals surface area contributed by atoms with E-state index < -0.39 is 0 Å². The minimum absolute atomic E-state index is 0.619. The summed E-state index contributed by atoms with van der Waals surface area (Å²) in [6, 6.07) is 1.32. The zero-order valence-electron chi connectivity index (χ0n) is 11.0. The van der Waals surface area contributed by atoms with Crippen LogP contribution in [-0.2, 0) is 6.54 Å². The Labute approximate surface area is 104 Å². The van der Waals surface area contributed by atoms with Crippen LogP contribution in [0.1, 0.15) is 26.7 Å². The average Bonchev–Trinajstić information content (AvgIpc) is 2.75. The van der Waals surface area contributed by atoms with Crippen LogP contribution in [0.4, 0.5) is 0 Å². The van der Waals surface area contributed by atoms with E-state index in [0.717, 1.165) is 13.1 Å². The van der Waals surface area contributed by atoms with Gasteiger partial charge in [-0.3, -0.25) is 4.90 Å². The van der Waals surface area contributed by atoms with E-state index in [0.29, 0.717) is 12.1 Å². The first kappa shape index (κ1) is 12.6. The Balaban J connectivity index is 1.76. The van der Waals surface area contributed by atoms with Gasteiger partial charge in [-0.1, -0.05) is 0 Å². The minimum Gasteiger partial charge on any atom is -0.337 e. The Morgan fingerprint density at radius 1 is 1.35 bits per heavy atom. The van der Waals surface area contributed by atoms with Crippen LogP contribution in [0, 0.1) is 0 Å². The topological polar surface area (TPSA) is 33.1 Å². The summed E-state index contributed by atoms with van der Waals surface area (Å²) in [5.74, 6) is 0. The largest absolute Gasteiger partial charge is 0.337 e. The maximum absolute atomic E-state index is 4.07. The van der Waals surface area contributed by atoms with Crippen molar-refractivity contribution in [3.8, 4) is 0 Å². The standard InChI is InChI=1S/C13H24N4/c1-12-10-17(13(2)4-5-15-12)8-3-7-16-9-6-14-11-16/h6,9,11-13,15H,3-5,7-8,10H2,1-2H3. The number of hydrogen-bond acceptors (Lipinski definition) is 3. The zero-order valence-corrected chi connectivity index (χ0v) is 11.0. The predicted molar refractivity (Wildman–Crippen MR) is 70.0 cm³/mol. The maximum atomic E-state index is 4.07. The summed E-state index contributed by atoms with van der Waals surface area (Å²) in [5, 5.41) is 3.55. The van der Waals surface area contributed by atoms with Crippen LogP contribution in [-0.4, -0.2) is 46.2 Å². The summed E-state index contributed by atoms with van der Waals surface area (Å²) < 4.78 is 2.16. The molecule has 1 aliphatic rings. The predicted octanol–water partition coefficient (Wildman–Crippen LogP) is 1.35. The molecular formula is C13H24N4. The maximum Gasteiger partial charge on any atom is 0.0945 e. The first-order chi connectivity index (χ1) is 8.25. The number of aromatic nitrogens is 2. The molecule has 1 aliphatic heterocycles. The van der Waals surface area contributed by atoms with E-state index in [1.54, 1.807) is 0 Å². The fourth-order valence-corrected chi connectivity index (χ4v) is 2.50. The van der Waals surface area contributed by atoms with Crippen molar-refractivity contribution in [2.45, 2.75) is 45.3 Å². The highest BCUT2D eigenvalue weighted by molar-refractivity contribution is 4.79. The van der Waals surface area contributed by atoms with Gasteiger partial charge >= 0.3 is 0 Å². The molecule has 1 aromatic heterocycles. The lowest BCUT2D eigenvalue weighted by Crippen LogP contribution is -2.39. The number of rotatable bonds is 4. The molecule has 0 aliphatic carbocycles. The molecule has 0 radical (unpaired) electrons. The fraction of sp³-hybridized carbons (Fsp3) is 0.769. The smallest absolute Gasteiger partial charge is 0.0945 e. The number of nitrogens with zero attached hydrogens (tertiary/aromatic N) is 3. The van der Waals surface area contributed by atoms with Gasteiger partial charge in [-0.15, -0.1) is 0 Å². The van der Waals surface area contributed by atoms with Crippen molar-refractivity contribution in [3.63, 3.8) is 0 Å². The van der Waals surface area contributed by atoms with Gasteiger partial charge in [-0.25, -0.2) is 4.98 Å². The molecule has 1 N–H and O–H groups in total. The highest BCUT2D eigenvalue weighted by Gasteiger charge is 2.19. The molecule has 0 spiro atoms. The lowest BCUT2D eigenvalue weighted by molar-refractivity contribution is 0.202. The molecule has 0 aromatic carbocycles. The van der Waals surface area contributed by atoms with Crippen molar-refractivity contribution >= 4 is 0 Å². The lowest BCUT2D eigenvalue weighted by Gasteiger charge is -2.28. The molecule has 96 valence electrons. The van der Waals surface area contributed by atoms with Gasteiger partial charge in [0.2, 0.25) is 0 Å². The van der Waals surface area contributed by atoms with Crippen LogP contribution < -0.4 is 5.32 Å². The van der Waals surface area contributed by atoms with Crippen molar-refractivity contribution in [2.24, 2.45) is 0 Å². The summed E-state index contributed by atoms with van der Waals surface area (Å²) in [6.45, 7) is 9.21. The minimum atomic E-state index is 0.619. The zero-order chi connectivity index (χ0) is 12.1. The first-order valence-electron chi connectivity index (χ1n) is 6.69. The molecule has 0 bridgehead atoms. The van der Waals surface area contributed by atoms with Crippen molar-refractivity contribution in [3.05, 3.63) is 18.7 Å². The Morgan fingerprint density at radius 3 is 3.00 bits per heavy atom. The van der Waals surface area contributed by atoms with Crippen molar-refractivity contribution in [1.29, 1.82) is 0 Å². The van der Waals surface area contributed by atoms with Crippen molar-refractivity contribution in [1.82, 2.24) is 19.8 Å². The van der Waals surface area contributed by atoms with Gasteiger partial charge in [0.05, 0.1) is 6.33 Å². The second-order valence-electron chi connectivity index (χ2n) is 5.14. The number of hydrogen-bond donors (Lipinski definition) is 1. The highest BCUT2D eigenvalue weighted by atomic mass is 15.2. The number of nitrogens with one attached hydrogen (secondary N) is 1. The van der Waals surface area contributed by atoms with Gasteiger partial charge in [0, 0.05) is 44.1 Å². The van der Waals surface area contributed by atoms with Crippen LogP contribution in [0.3, 0.4) is 0 Å². The molecule has 0 amide bonds. The van der Waals surface area contributed by atoms with E-state index in [1.807, 2.05) is 18.7 Å². The normalized spacial score (nSPS) is 26.9. The molecule has 17 heavy (non-hydrogen) atoms. The van der Waals surface area contributed by atoms with Gasteiger partial charge in [-0.05, 0) is 33.2 Å². The summed E-state index contributed by atoms with van der Waals surface area (Å²) in [7, 11) is 0. The summed E-state index contributed by atoms with van der Waals surface area (Å²) in [6.07, 6.45) is 8.25. The van der Waals surface area contributed by atoms with Gasteiger partial charge in [0.1, 0.15) is 0 Å². The second kappa shape index (κ2) is 6.17. The van der Waals surface area contributed by atoms with Crippen LogP contribution >= 0.6 is 0 Å². The summed E-state index contributed by atoms with van der Waals surface area (Å²) in [4.78, 5) is 6.68. The van der Waals surface area contributed by atoms with E-state index in [-0.39, 0.29) is 0 Å². The Bertz CT molecular complexity index is 309. The fourth-order valence-electron chi connectivity index (χ4n) is 2.50. The summed E-state index contributed by atoms with van der Waals surface area (Å²) >= 11 is 0.